The lowest BCUT2D eigenvalue weighted by atomic mass is 9.85. The number of nitrogens with one attached hydrogen (secondary N) is 1. The van der Waals surface area contributed by atoms with Crippen molar-refractivity contribution < 1.29 is 0 Å². The number of hydrogen-bond acceptors (Lipinski definition) is 3. The summed E-state index contributed by atoms with van der Waals surface area (Å²) < 4.78 is 2.08. The van der Waals surface area contributed by atoms with E-state index in [1.165, 1.54) is 25.0 Å². The minimum absolute atomic E-state index is 0.256. The van der Waals surface area contributed by atoms with E-state index in [1.54, 1.807) is 0 Å². The molecule has 1 fully saturated rings. The van der Waals surface area contributed by atoms with Crippen LogP contribution in [-0.4, -0.2) is 28.1 Å². The van der Waals surface area contributed by atoms with E-state index < -0.39 is 0 Å². The number of aromatic nitrogens is 3. The number of aryl methyl sites for hydroxylation is 1. The topological polar surface area (TPSA) is 42.7 Å². The van der Waals surface area contributed by atoms with Crippen LogP contribution < -0.4 is 5.32 Å². The second kappa shape index (κ2) is 4.53. The Labute approximate surface area is 97.4 Å². The van der Waals surface area contributed by atoms with Crippen LogP contribution in [-0.2, 0) is 12.0 Å². The summed E-state index contributed by atoms with van der Waals surface area (Å²) >= 11 is 0. The fraction of sp³-hybridized carbons (Fsp3) is 0.833. The molecule has 2 rings (SSSR count). The van der Waals surface area contributed by atoms with Crippen LogP contribution in [0, 0.1) is 0 Å². The first-order valence-corrected chi connectivity index (χ1v) is 6.26. The molecular weight excluding hydrogens is 200 g/mol. The van der Waals surface area contributed by atoms with Crippen molar-refractivity contribution in [3.05, 3.63) is 11.9 Å². The number of rotatable bonds is 4. The van der Waals surface area contributed by atoms with E-state index in [0.717, 1.165) is 13.0 Å². The minimum atomic E-state index is 0.256. The summed E-state index contributed by atoms with van der Waals surface area (Å²) in [6, 6.07) is 0.648. The lowest BCUT2D eigenvalue weighted by Crippen LogP contribution is -2.27. The molecule has 1 saturated carbocycles. The average Bonchev–Trinajstić information content (AvgIpc) is 2.86. The first-order valence-electron chi connectivity index (χ1n) is 6.26. The van der Waals surface area contributed by atoms with Gasteiger partial charge in [-0.15, -0.1) is 5.10 Å². The van der Waals surface area contributed by atoms with Crippen LogP contribution in [0.25, 0.3) is 0 Å². The van der Waals surface area contributed by atoms with Gasteiger partial charge in [-0.2, -0.15) is 0 Å². The normalized spacial score (nSPS) is 29.8. The highest BCUT2D eigenvalue weighted by atomic mass is 15.4. The number of nitrogens with zero attached hydrogens (tertiary/aromatic N) is 3. The SMILES string of the molecule is CCCn1nncc1C1(C)CCC(NC)C1. The highest BCUT2D eigenvalue weighted by Crippen LogP contribution is 2.40. The van der Waals surface area contributed by atoms with E-state index in [2.05, 4.69) is 41.2 Å². The van der Waals surface area contributed by atoms with Crippen molar-refractivity contribution in [2.75, 3.05) is 7.05 Å². The summed E-state index contributed by atoms with van der Waals surface area (Å²) in [6.45, 7) is 5.50. The van der Waals surface area contributed by atoms with Gasteiger partial charge in [0.25, 0.3) is 0 Å². The molecule has 2 unspecified atom stereocenters. The van der Waals surface area contributed by atoms with Gasteiger partial charge in [-0.1, -0.05) is 19.1 Å². The predicted octanol–water partition coefficient (Wildman–Crippen LogP) is 1.72. The molecule has 0 amide bonds. The third kappa shape index (κ3) is 1.98. The molecule has 0 saturated heterocycles. The molecule has 1 aliphatic carbocycles. The van der Waals surface area contributed by atoms with Crippen LogP contribution in [0.5, 0.6) is 0 Å². The Morgan fingerprint density at radius 1 is 1.62 bits per heavy atom. The molecule has 16 heavy (non-hydrogen) atoms. The third-order valence-electron chi connectivity index (χ3n) is 3.82. The Kier molecular flexibility index (Phi) is 3.28. The molecule has 0 bridgehead atoms. The number of hydrogen-bond donors (Lipinski definition) is 1. The average molecular weight is 222 g/mol. The van der Waals surface area contributed by atoms with Crippen LogP contribution in [0.2, 0.25) is 0 Å². The van der Waals surface area contributed by atoms with Crippen molar-refractivity contribution in [1.29, 1.82) is 0 Å². The zero-order valence-electron chi connectivity index (χ0n) is 10.5. The second-order valence-electron chi connectivity index (χ2n) is 5.13. The first kappa shape index (κ1) is 11.6. The van der Waals surface area contributed by atoms with Gasteiger partial charge in [-0.25, -0.2) is 4.68 Å². The zero-order chi connectivity index (χ0) is 11.6. The Hall–Kier alpha value is -0.900. The van der Waals surface area contributed by atoms with E-state index in [1.807, 2.05) is 6.20 Å². The summed E-state index contributed by atoms with van der Waals surface area (Å²) in [5.74, 6) is 0. The first-order chi connectivity index (χ1) is 7.69. The molecule has 0 spiro atoms. The van der Waals surface area contributed by atoms with Gasteiger partial charge < -0.3 is 5.32 Å². The van der Waals surface area contributed by atoms with Gasteiger partial charge in [0.15, 0.2) is 0 Å². The van der Waals surface area contributed by atoms with Crippen molar-refractivity contribution in [2.45, 2.75) is 57.5 Å². The molecule has 1 aromatic heterocycles. The van der Waals surface area contributed by atoms with Crippen LogP contribution in [0.1, 0.15) is 45.2 Å². The van der Waals surface area contributed by atoms with Crippen LogP contribution in [0.15, 0.2) is 6.20 Å². The zero-order valence-corrected chi connectivity index (χ0v) is 10.5. The van der Waals surface area contributed by atoms with Gasteiger partial charge in [0.2, 0.25) is 0 Å². The molecule has 0 radical (unpaired) electrons. The predicted molar refractivity (Wildman–Crippen MR) is 64.4 cm³/mol. The lowest BCUT2D eigenvalue weighted by molar-refractivity contribution is 0.412. The lowest BCUT2D eigenvalue weighted by Gasteiger charge is -2.24. The molecule has 0 aromatic carbocycles. The summed E-state index contributed by atoms with van der Waals surface area (Å²) in [7, 11) is 2.05. The third-order valence-corrected chi connectivity index (χ3v) is 3.82. The van der Waals surface area contributed by atoms with Crippen molar-refractivity contribution in [3.63, 3.8) is 0 Å². The highest BCUT2D eigenvalue weighted by Gasteiger charge is 2.38. The van der Waals surface area contributed by atoms with Crippen molar-refractivity contribution in [3.8, 4) is 0 Å². The largest absolute Gasteiger partial charge is 0.317 e. The Morgan fingerprint density at radius 3 is 3.06 bits per heavy atom. The molecule has 4 heteroatoms. The molecule has 90 valence electrons. The molecule has 1 N–H and O–H groups in total. The van der Waals surface area contributed by atoms with Crippen LogP contribution in [0.4, 0.5) is 0 Å². The highest BCUT2D eigenvalue weighted by molar-refractivity contribution is 5.15. The second-order valence-corrected chi connectivity index (χ2v) is 5.13. The fourth-order valence-corrected chi connectivity index (χ4v) is 2.82. The summed E-state index contributed by atoms with van der Waals surface area (Å²) in [6.07, 6.45) is 6.75. The molecule has 1 heterocycles. The van der Waals surface area contributed by atoms with E-state index >= 15 is 0 Å². The van der Waals surface area contributed by atoms with Gasteiger partial charge in [0.05, 0.1) is 11.9 Å². The Balaban J connectivity index is 2.19. The molecule has 2 atom stereocenters. The van der Waals surface area contributed by atoms with Crippen molar-refractivity contribution >= 4 is 0 Å². The van der Waals surface area contributed by atoms with Crippen molar-refractivity contribution in [1.82, 2.24) is 20.3 Å². The van der Waals surface area contributed by atoms with Gasteiger partial charge in [0.1, 0.15) is 0 Å². The minimum Gasteiger partial charge on any atom is -0.317 e. The molecule has 1 aromatic rings. The van der Waals surface area contributed by atoms with Crippen LogP contribution in [0.3, 0.4) is 0 Å². The van der Waals surface area contributed by atoms with Gasteiger partial charge in [-0.3, -0.25) is 0 Å². The maximum atomic E-state index is 4.19. The fourth-order valence-electron chi connectivity index (χ4n) is 2.82. The maximum Gasteiger partial charge on any atom is 0.0730 e. The summed E-state index contributed by atoms with van der Waals surface area (Å²) in [4.78, 5) is 0. The van der Waals surface area contributed by atoms with Gasteiger partial charge >= 0.3 is 0 Å². The van der Waals surface area contributed by atoms with E-state index in [4.69, 9.17) is 0 Å². The van der Waals surface area contributed by atoms with E-state index in [9.17, 15) is 0 Å². The summed E-state index contributed by atoms with van der Waals surface area (Å²) in [5.41, 5.74) is 1.57. The van der Waals surface area contributed by atoms with Gasteiger partial charge in [0, 0.05) is 18.0 Å². The Morgan fingerprint density at radius 2 is 2.44 bits per heavy atom. The van der Waals surface area contributed by atoms with Gasteiger partial charge in [-0.05, 0) is 32.7 Å². The smallest absolute Gasteiger partial charge is 0.0730 e. The van der Waals surface area contributed by atoms with E-state index in [0.29, 0.717) is 6.04 Å². The van der Waals surface area contributed by atoms with Crippen LogP contribution >= 0.6 is 0 Å². The standard InChI is InChI=1S/C12H22N4/c1-4-7-16-11(9-14-15-16)12(2)6-5-10(8-12)13-3/h9-10,13H,4-8H2,1-3H3. The molecule has 1 aliphatic rings. The molecule has 4 nitrogen and oxygen atoms in total. The van der Waals surface area contributed by atoms with E-state index in [-0.39, 0.29) is 5.41 Å². The maximum absolute atomic E-state index is 4.19. The quantitative estimate of drug-likeness (QED) is 0.843. The monoisotopic (exact) mass is 222 g/mol. The molecule has 0 aliphatic heterocycles. The summed E-state index contributed by atoms with van der Waals surface area (Å²) in [5, 5.41) is 11.6. The van der Waals surface area contributed by atoms with Crippen molar-refractivity contribution in [2.24, 2.45) is 0 Å². The Bertz CT molecular complexity index is 347. The molecular formula is C12H22N4.